The second kappa shape index (κ2) is 13.0. The Morgan fingerprint density at radius 1 is 1.04 bits per heavy atom. The number of hydrogen-bond donors (Lipinski definition) is 3. The van der Waals surface area contributed by atoms with Crippen molar-refractivity contribution in [1.82, 2.24) is 15.1 Å². The zero-order valence-corrected chi connectivity index (χ0v) is 27.1. The number of fused-ring (bicyclic) bond motifs is 3. The SMILES string of the molecule is CCN(CC)CCCNc1nnc([C@H]2[C@@H](O)[C@@]3(O)c4c(OC)cc(OC)cc4O[C@@]3(C3C=CC(OC)=CC3)[C@@H]2c2ccccc2)o1. The molecule has 3 aliphatic rings. The smallest absolute Gasteiger partial charge is 0.315 e. The van der Waals surface area contributed by atoms with Gasteiger partial charge in [-0.05, 0) is 50.2 Å². The van der Waals surface area contributed by atoms with E-state index < -0.39 is 35.1 Å². The molecule has 0 saturated heterocycles. The monoisotopic (exact) mass is 632 g/mol. The number of allylic oxidation sites excluding steroid dienone is 2. The van der Waals surface area contributed by atoms with Gasteiger partial charge in [-0.15, -0.1) is 5.10 Å². The van der Waals surface area contributed by atoms with Crippen LogP contribution in [-0.2, 0) is 10.3 Å². The van der Waals surface area contributed by atoms with Gasteiger partial charge in [-0.25, -0.2) is 0 Å². The van der Waals surface area contributed by atoms with Crippen molar-refractivity contribution in [3.8, 4) is 17.2 Å². The Balaban J connectivity index is 1.47. The minimum absolute atomic E-state index is 0.209. The molecular weight excluding hydrogens is 588 g/mol. The number of nitrogens with one attached hydrogen (secondary N) is 1. The van der Waals surface area contributed by atoms with Crippen LogP contribution in [0.4, 0.5) is 6.01 Å². The molecule has 1 saturated carbocycles. The summed E-state index contributed by atoms with van der Waals surface area (Å²) in [7, 11) is 4.71. The first-order valence-corrected chi connectivity index (χ1v) is 16.0. The third kappa shape index (κ3) is 5.01. The lowest BCUT2D eigenvalue weighted by atomic mass is 9.65. The summed E-state index contributed by atoms with van der Waals surface area (Å²) in [5.74, 6) is 0.307. The fourth-order valence-corrected chi connectivity index (χ4v) is 7.67. The van der Waals surface area contributed by atoms with Crippen LogP contribution >= 0.6 is 0 Å². The Kier molecular flexibility index (Phi) is 9.00. The first kappa shape index (κ1) is 31.9. The highest BCUT2D eigenvalue weighted by Crippen LogP contribution is 2.71. The molecule has 2 aromatic carbocycles. The summed E-state index contributed by atoms with van der Waals surface area (Å²) < 4.78 is 30.1. The number of benzene rings is 2. The van der Waals surface area contributed by atoms with Crippen molar-refractivity contribution in [2.24, 2.45) is 5.92 Å². The molecule has 246 valence electrons. The number of aliphatic hydroxyl groups excluding tert-OH is 1. The first-order chi connectivity index (χ1) is 22.4. The number of aliphatic hydroxyl groups is 2. The molecule has 1 fully saturated rings. The summed E-state index contributed by atoms with van der Waals surface area (Å²) in [6.45, 7) is 7.89. The molecule has 2 aliphatic carbocycles. The molecule has 3 N–H and O–H groups in total. The fraction of sp³-hybridized carbons (Fsp3) is 0.486. The van der Waals surface area contributed by atoms with Gasteiger partial charge in [0.2, 0.25) is 5.89 Å². The number of methoxy groups -OCH3 is 3. The van der Waals surface area contributed by atoms with Crippen molar-refractivity contribution in [2.45, 2.75) is 55.8 Å². The molecule has 11 heteroatoms. The molecule has 0 amide bonds. The van der Waals surface area contributed by atoms with Crippen LogP contribution in [0.25, 0.3) is 0 Å². The van der Waals surface area contributed by atoms with Gasteiger partial charge in [0.05, 0.1) is 32.8 Å². The van der Waals surface area contributed by atoms with Crippen LogP contribution in [0.15, 0.2) is 70.9 Å². The summed E-state index contributed by atoms with van der Waals surface area (Å²) in [4.78, 5) is 2.35. The number of hydrogen-bond acceptors (Lipinski definition) is 11. The van der Waals surface area contributed by atoms with Gasteiger partial charge < -0.3 is 43.8 Å². The quantitative estimate of drug-likeness (QED) is 0.229. The Labute approximate surface area is 269 Å². The van der Waals surface area contributed by atoms with Crippen molar-refractivity contribution in [1.29, 1.82) is 0 Å². The highest BCUT2D eigenvalue weighted by atomic mass is 16.5. The van der Waals surface area contributed by atoms with E-state index in [-0.39, 0.29) is 11.9 Å². The Bertz CT molecular complexity index is 1570. The van der Waals surface area contributed by atoms with Crippen molar-refractivity contribution >= 4 is 6.01 Å². The third-order valence-corrected chi connectivity index (χ3v) is 9.90. The topological polar surface area (TPSA) is 132 Å². The van der Waals surface area contributed by atoms with Crippen LogP contribution in [0.5, 0.6) is 17.2 Å². The summed E-state index contributed by atoms with van der Waals surface area (Å²) >= 11 is 0. The van der Waals surface area contributed by atoms with E-state index in [0.29, 0.717) is 41.5 Å². The molecule has 1 aromatic heterocycles. The molecule has 0 radical (unpaired) electrons. The van der Waals surface area contributed by atoms with Crippen LogP contribution < -0.4 is 19.5 Å². The molecule has 0 bridgehead atoms. The molecule has 6 atom stereocenters. The van der Waals surface area contributed by atoms with Crippen LogP contribution in [0.1, 0.15) is 55.5 Å². The van der Waals surface area contributed by atoms with Gasteiger partial charge in [-0.2, -0.15) is 0 Å². The molecule has 2 heterocycles. The number of nitrogens with zero attached hydrogens (tertiary/aromatic N) is 3. The molecular formula is C35H44N4O7. The second-order valence-electron chi connectivity index (χ2n) is 12.0. The highest BCUT2D eigenvalue weighted by molar-refractivity contribution is 5.62. The zero-order chi connectivity index (χ0) is 32.5. The zero-order valence-electron chi connectivity index (χ0n) is 27.1. The molecule has 46 heavy (non-hydrogen) atoms. The van der Waals surface area contributed by atoms with E-state index in [9.17, 15) is 10.2 Å². The Hall–Kier alpha value is -4.06. The molecule has 3 aromatic rings. The number of aromatic nitrogens is 2. The van der Waals surface area contributed by atoms with E-state index in [1.54, 1.807) is 26.4 Å². The number of rotatable bonds is 13. The van der Waals surface area contributed by atoms with Gasteiger partial charge in [-0.3, -0.25) is 0 Å². The predicted molar refractivity (Wildman–Crippen MR) is 172 cm³/mol. The van der Waals surface area contributed by atoms with Crippen LogP contribution in [0.2, 0.25) is 0 Å². The molecule has 1 unspecified atom stereocenters. The van der Waals surface area contributed by atoms with Gasteiger partial charge >= 0.3 is 6.01 Å². The van der Waals surface area contributed by atoms with E-state index in [0.717, 1.165) is 31.6 Å². The Morgan fingerprint density at radius 3 is 2.48 bits per heavy atom. The average molecular weight is 633 g/mol. The molecule has 6 rings (SSSR count). The second-order valence-corrected chi connectivity index (χ2v) is 12.0. The summed E-state index contributed by atoms with van der Waals surface area (Å²) in [5, 5.41) is 37.7. The lowest BCUT2D eigenvalue weighted by molar-refractivity contribution is -0.162. The molecule has 1 aliphatic heterocycles. The van der Waals surface area contributed by atoms with Gasteiger partial charge in [0.25, 0.3) is 0 Å². The van der Waals surface area contributed by atoms with Crippen LogP contribution in [0, 0.1) is 5.92 Å². The molecule has 0 spiro atoms. The van der Waals surface area contributed by atoms with E-state index in [1.807, 2.05) is 48.6 Å². The fourth-order valence-electron chi connectivity index (χ4n) is 7.67. The van der Waals surface area contributed by atoms with E-state index >= 15 is 0 Å². The summed E-state index contributed by atoms with van der Waals surface area (Å²) in [6, 6.07) is 13.5. The van der Waals surface area contributed by atoms with E-state index in [4.69, 9.17) is 23.4 Å². The normalized spacial score (nSPS) is 28.0. The van der Waals surface area contributed by atoms with Crippen molar-refractivity contribution in [3.05, 3.63) is 83.5 Å². The molecule has 11 nitrogen and oxygen atoms in total. The van der Waals surface area contributed by atoms with E-state index in [1.165, 1.54) is 7.11 Å². The van der Waals surface area contributed by atoms with Gasteiger partial charge in [-0.1, -0.05) is 55.4 Å². The maximum absolute atomic E-state index is 13.2. The van der Waals surface area contributed by atoms with Gasteiger partial charge in [0.1, 0.15) is 29.1 Å². The maximum Gasteiger partial charge on any atom is 0.315 e. The number of ether oxygens (including phenoxy) is 4. The first-order valence-electron chi connectivity index (χ1n) is 16.0. The van der Waals surface area contributed by atoms with Crippen LogP contribution in [0.3, 0.4) is 0 Å². The minimum atomic E-state index is -1.95. The largest absolute Gasteiger partial charge is 0.497 e. The number of anilines is 1. The third-order valence-electron chi connectivity index (χ3n) is 9.90. The van der Waals surface area contributed by atoms with E-state index in [2.05, 4.69) is 34.3 Å². The van der Waals surface area contributed by atoms with Gasteiger partial charge in [0, 0.05) is 30.5 Å². The maximum atomic E-state index is 13.2. The minimum Gasteiger partial charge on any atom is -0.497 e. The van der Waals surface area contributed by atoms with Crippen LogP contribution in [-0.4, -0.2) is 84.5 Å². The Morgan fingerprint density at radius 2 is 1.83 bits per heavy atom. The standard InChI is InChI=1S/C35H44N4O7/c1-6-39(7-2)19-11-18-36-33-38-37-32(45-33)28-29(22-12-9-8-10-13-22)35(23-14-16-24(42-3)17-15-23)34(41,31(28)40)30-26(44-5)20-25(43-4)21-27(30)46-35/h8-10,12-14,16-17,20-21,23,28-29,31,40-41H,6-7,11,15,18-19H2,1-5H3,(H,36,38)/t23?,28-,29-,31-,34+,35+/m1/s1. The van der Waals surface area contributed by atoms with Gasteiger partial charge in [0.15, 0.2) is 11.2 Å². The predicted octanol–water partition coefficient (Wildman–Crippen LogP) is 4.60. The highest BCUT2D eigenvalue weighted by Gasteiger charge is 2.79. The van der Waals surface area contributed by atoms with Crippen molar-refractivity contribution < 1.29 is 33.6 Å². The lowest BCUT2D eigenvalue weighted by Gasteiger charge is -2.45. The van der Waals surface area contributed by atoms with Crippen molar-refractivity contribution in [3.63, 3.8) is 0 Å². The lowest BCUT2D eigenvalue weighted by Crippen LogP contribution is -2.58. The average Bonchev–Trinajstić information content (AvgIpc) is 3.72. The van der Waals surface area contributed by atoms with Crippen molar-refractivity contribution in [2.75, 3.05) is 52.8 Å². The summed E-state index contributed by atoms with van der Waals surface area (Å²) in [6.07, 6.45) is 5.81. The summed E-state index contributed by atoms with van der Waals surface area (Å²) in [5.41, 5.74) is -2.16.